The first-order valence-corrected chi connectivity index (χ1v) is 7.85. The Labute approximate surface area is 139 Å². The van der Waals surface area contributed by atoms with Crippen LogP contribution in [0.2, 0.25) is 0 Å². The van der Waals surface area contributed by atoms with Crippen molar-refractivity contribution in [1.29, 1.82) is 0 Å². The molecule has 2 heterocycles. The summed E-state index contributed by atoms with van der Waals surface area (Å²) in [5.74, 6) is -1.55. The van der Waals surface area contributed by atoms with Crippen molar-refractivity contribution in [2.75, 3.05) is 26.7 Å². The van der Waals surface area contributed by atoms with E-state index in [-0.39, 0.29) is 0 Å². The molecule has 1 fully saturated rings. The zero-order valence-corrected chi connectivity index (χ0v) is 14.1. The Kier molecular flexibility index (Phi) is 5.88. The summed E-state index contributed by atoms with van der Waals surface area (Å²) in [6.45, 7) is 4.74. The number of alkyl halides is 1. The fraction of sp³-hybridized carbons (Fsp3) is 0.529. The average Bonchev–Trinajstić information content (AvgIpc) is 2.54. The largest absolute Gasteiger partial charge is 0.467 e. The number of ether oxygens (including phenoxy) is 1. The number of methoxy groups -OCH3 is 1. The van der Waals surface area contributed by atoms with Crippen molar-refractivity contribution >= 4 is 5.97 Å². The normalized spacial score (nSPS) is 17.5. The van der Waals surface area contributed by atoms with Gasteiger partial charge in [0.2, 0.25) is 0 Å². The number of hydrogen-bond donors (Lipinski definition) is 0. The number of esters is 1. The molecule has 1 atom stereocenters. The molecule has 24 heavy (non-hydrogen) atoms. The Balaban J connectivity index is 2.30. The van der Waals surface area contributed by atoms with Crippen LogP contribution in [0.25, 0.3) is 0 Å². The van der Waals surface area contributed by atoms with Gasteiger partial charge < -0.3 is 4.74 Å². The van der Waals surface area contributed by atoms with Gasteiger partial charge in [0.25, 0.3) is 5.56 Å². The number of rotatable bonds is 6. The van der Waals surface area contributed by atoms with E-state index in [4.69, 9.17) is 4.74 Å². The first kappa shape index (κ1) is 18.3. The molecule has 0 aromatic carbocycles. The summed E-state index contributed by atoms with van der Waals surface area (Å²) in [7, 11) is 1.22. The molecule has 1 saturated heterocycles. The second-order valence-electron chi connectivity index (χ2n) is 5.97. The quantitative estimate of drug-likeness (QED) is 0.586. The van der Waals surface area contributed by atoms with Crippen LogP contribution in [0.15, 0.2) is 28.7 Å². The van der Waals surface area contributed by atoms with E-state index in [9.17, 15) is 18.4 Å². The number of hydrogen-bond acceptors (Lipinski definition) is 4. The molecule has 2 rings (SSSR count). The fourth-order valence-corrected chi connectivity index (χ4v) is 2.72. The van der Waals surface area contributed by atoms with Crippen molar-refractivity contribution in [2.24, 2.45) is 0 Å². The maximum Gasteiger partial charge on any atom is 0.333 e. The maximum atomic E-state index is 14.0. The zero-order valence-electron chi connectivity index (χ0n) is 14.1. The van der Waals surface area contributed by atoms with Crippen LogP contribution in [0.3, 0.4) is 0 Å². The van der Waals surface area contributed by atoms with Crippen LogP contribution in [-0.4, -0.2) is 48.4 Å². The van der Waals surface area contributed by atoms with Crippen molar-refractivity contribution < 1.29 is 18.3 Å². The summed E-state index contributed by atoms with van der Waals surface area (Å²) in [4.78, 5) is 26.1. The highest BCUT2D eigenvalue weighted by atomic mass is 19.1. The number of carbonyl (C=O) groups excluding carboxylic acids is 1. The average molecular weight is 340 g/mol. The van der Waals surface area contributed by atoms with Crippen molar-refractivity contribution in [3.63, 3.8) is 0 Å². The molecule has 0 amide bonds. The smallest absolute Gasteiger partial charge is 0.333 e. The highest BCUT2D eigenvalue weighted by Crippen LogP contribution is 2.19. The molecule has 7 heteroatoms. The van der Waals surface area contributed by atoms with Crippen LogP contribution in [0, 0.1) is 5.82 Å². The first-order chi connectivity index (χ1) is 11.4. The van der Waals surface area contributed by atoms with Crippen molar-refractivity contribution in [3.8, 4) is 0 Å². The summed E-state index contributed by atoms with van der Waals surface area (Å²) in [6.07, 6.45) is 2.83. The number of nitrogens with zero attached hydrogens (tertiary/aromatic N) is 2. The predicted octanol–water partition coefficient (Wildman–Crippen LogP) is 1.86. The molecular weight excluding hydrogens is 318 g/mol. The molecule has 0 saturated carbocycles. The van der Waals surface area contributed by atoms with Crippen LogP contribution in [-0.2, 0) is 16.0 Å². The van der Waals surface area contributed by atoms with Gasteiger partial charge in [0.15, 0.2) is 11.9 Å². The van der Waals surface area contributed by atoms with E-state index in [1.54, 1.807) is 19.9 Å². The SMILES string of the molecule is C/C=C(\C)C(C(=O)OC)n1cc(CCN2CC(F)C2)cc(F)c1=O. The molecule has 1 aromatic heterocycles. The second-order valence-corrected chi connectivity index (χ2v) is 5.97. The molecule has 0 bridgehead atoms. The van der Waals surface area contributed by atoms with Gasteiger partial charge in [-0.25, -0.2) is 13.6 Å². The van der Waals surface area contributed by atoms with Crippen LogP contribution < -0.4 is 5.56 Å². The van der Waals surface area contributed by atoms with Crippen LogP contribution in [0.4, 0.5) is 8.78 Å². The Morgan fingerprint density at radius 3 is 2.71 bits per heavy atom. The number of halogens is 2. The fourth-order valence-electron chi connectivity index (χ4n) is 2.72. The molecule has 0 spiro atoms. The molecule has 1 aliphatic heterocycles. The lowest BCUT2D eigenvalue weighted by Crippen LogP contribution is -2.49. The lowest BCUT2D eigenvalue weighted by molar-refractivity contribution is -0.143. The predicted molar refractivity (Wildman–Crippen MR) is 86.2 cm³/mol. The van der Waals surface area contributed by atoms with Crippen LogP contribution in [0.1, 0.15) is 25.5 Å². The minimum absolute atomic E-state index is 0.380. The number of likely N-dealkylation sites (tertiary alicyclic amines) is 1. The monoisotopic (exact) mass is 340 g/mol. The maximum absolute atomic E-state index is 14.0. The molecule has 132 valence electrons. The van der Waals surface area contributed by atoms with Gasteiger partial charge in [0.1, 0.15) is 6.17 Å². The third kappa shape index (κ3) is 3.90. The minimum Gasteiger partial charge on any atom is -0.467 e. The molecular formula is C17H22F2N2O3. The van der Waals surface area contributed by atoms with E-state index in [1.807, 2.05) is 4.90 Å². The van der Waals surface area contributed by atoms with E-state index in [0.717, 1.165) is 4.57 Å². The molecule has 5 nitrogen and oxygen atoms in total. The summed E-state index contributed by atoms with van der Waals surface area (Å²) in [5, 5.41) is 0. The van der Waals surface area contributed by atoms with Gasteiger partial charge in [-0.1, -0.05) is 6.08 Å². The van der Waals surface area contributed by atoms with Crippen LogP contribution in [0.5, 0.6) is 0 Å². The van der Waals surface area contributed by atoms with Crippen molar-refractivity contribution in [2.45, 2.75) is 32.5 Å². The van der Waals surface area contributed by atoms with Gasteiger partial charge in [-0.05, 0) is 37.5 Å². The van der Waals surface area contributed by atoms with E-state index >= 15 is 0 Å². The van der Waals surface area contributed by atoms with Gasteiger partial charge in [-0.15, -0.1) is 0 Å². The topological polar surface area (TPSA) is 51.5 Å². The number of allylic oxidation sites excluding steroid dienone is 1. The third-order valence-corrected chi connectivity index (χ3v) is 4.27. The van der Waals surface area contributed by atoms with E-state index in [0.29, 0.717) is 37.2 Å². The molecule has 1 aliphatic rings. The number of aromatic nitrogens is 1. The number of pyridine rings is 1. The highest BCUT2D eigenvalue weighted by Gasteiger charge is 2.27. The van der Waals surface area contributed by atoms with Gasteiger partial charge >= 0.3 is 5.97 Å². The Bertz CT molecular complexity index is 694. The molecule has 0 aliphatic carbocycles. The summed E-state index contributed by atoms with van der Waals surface area (Å²) < 4.78 is 32.7. The second kappa shape index (κ2) is 7.70. The summed E-state index contributed by atoms with van der Waals surface area (Å²) in [5.41, 5.74) is 0.291. The lowest BCUT2D eigenvalue weighted by atomic mass is 10.1. The Morgan fingerprint density at radius 1 is 1.50 bits per heavy atom. The minimum atomic E-state index is -0.999. The Morgan fingerprint density at radius 2 is 2.17 bits per heavy atom. The van der Waals surface area contributed by atoms with Crippen LogP contribution >= 0.6 is 0 Å². The van der Waals surface area contributed by atoms with Gasteiger partial charge in [-0.3, -0.25) is 14.3 Å². The number of carbonyl (C=O) groups is 1. The van der Waals surface area contributed by atoms with Gasteiger partial charge in [0.05, 0.1) is 7.11 Å². The van der Waals surface area contributed by atoms with Gasteiger partial charge in [0, 0.05) is 25.8 Å². The Hall–Kier alpha value is -2.02. The molecule has 1 unspecified atom stereocenters. The van der Waals surface area contributed by atoms with Crippen molar-refractivity contribution in [1.82, 2.24) is 9.47 Å². The van der Waals surface area contributed by atoms with Gasteiger partial charge in [-0.2, -0.15) is 0 Å². The zero-order chi connectivity index (χ0) is 17.9. The molecule has 0 N–H and O–H groups in total. The van der Waals surface area contributed by atoms with E-state index in [1.165, 1.54) is 19.4 Å². The molecule has 0 radical (unpaired) electrons. The standard InChI is InChI=1S/C17H22F2N2O3/c1-4-11(2)15(17(23)24-3)21-8-12(7-14(19)16(21)22)5-6-20-9-13(18)10-20/h4,7-8,13,15H,5-6,9-10H2,1-3H3/b11-4+. The summed E-state index contributed by atoms with van der Waals surface area (Å²) in [6, 6.07) is 0.173. The molecule has 1 aromatic rings. The first-order valence-electron chi connectivity index (χ1n) is 7.85. The third-order valence-electron chi connectivity index (χ3n) is 4.27. The van der Waals surface area contributed by atoms with E-state index in [2.05, 4.69) is 0 Å². The van der Waals surface area contributed by atoms with Crippen molar-refractivity contribution in [3.05, 3.63) is 45.6 Å². The highest BCUT2D eigenvalue weighted by molar-refractivity contribution is 5.77. The lowest BCUT2D eigenvalue weighted by Gasteiger charge is -2.34. The van der Waals surface area contributed by atoms with E-state index < -0.39 is 29.6 Å². The summed E-state index contributed by atoms with van der Waals surface area (Å²) >= 11 is 0.